The lowest BCUT2D eigenvalue weighted by Gasteiger charge is -2.18. The molecule has 128 valence electrons. The van der Waals surface area contributed by atoms with Crippen molar-refractivity contribution >= 4 is 41.5 Å². The highest BCUT2D eigenvalue weighted by Gasteiger charge is 2.14. The van der Waals surface area contributed by atoms with Crippen LogP contribution in [0.5, 0.6) is 5.75 Å². The van der Waals surface area contributed by atoms with E-state index in [9.17, 15) is 4.79 Å². The number of amides is 1. The van der Waals surface area contributed by atoms with E-state index in [1.165, 1.54) is 0 Å². The molecule has 0 radical (unpaired) electrons. The van der Waals surface area contributed by atoms with Crippen molar-refractivity contribution in [3.05, 3.63) is 23.8 Å². The molecule has 7 heteroatoms. The van der Waals surface area contributed by atoms with E-state index in [1.807, 2.05) is 18.2 Å². The molecule has 0 saturated heterocycles. The number of rotatable bonds is 6. The molecule has 0 saturated carbocycles. The van der Waals surface area contributed by atoms with Crippen LogP contribution in [-0.4, -0.2) is 38.6 Å². The molecule has 0 fully saturated rings. The van der Waals surface area contributed by atoms with Crippen LogP contribution in [0.2, 0.25) is 0 Å². The van der Waals surface area contributed by atoms with E-state index in [-0.39, 0.29) is 29.9 Å². The van der Waals surface area contributed by atoms with Gasteiger partial charge >= 0.3 is 0 Å². The molecule has 1 amide bonds. The molecule has 1 aliphatic heterocycles. The van der Waals surface area contributed by atoms with Crippen molar-refractivity contribution in [1.29, 1.82) is 0 Å². The van der Waals surface area contributed by atoms with Gasteiger partial charge in [-0.05, 0) is 36.6 Å². The van der Waals surface area contributed by atoms with Crippen LogP contribution in [-0.2, 0) is 11.2 Å². The summed E-state index contributed by atoms with van der Waals surface area (Å²) in [6.07, 6.45) is 2.37. The van der Waals surface area contributed by atoms with Gasteiger partial charge in [-0.25, -0.2) is 0 Å². The standard InChI is InChI=1S/C16H24N4O2.HI/c1-3-8-18-16(17-2)19-9-10-22-13-5-6-14-12(11-13)4-7-15(21)20-14;/h5-6,11H,3-4,7-10H2,1-2H3,(H,20,21)(H2,17,18,19);1H. The highest BCUT2D eigenvalue weighted by Crippen LogP contribution is 2.26. The van der Waals surface area contributed by atoms with Crippen LogP contribution in [0.1, 0.15) is 25.3 Å². The van der Waals surface area contributed by atoms with Gasteiger partial charge in [0.2, 0.25) is 5.91 Å². The second-order valence-electron chi connectivity index (χ2n) is 5.14. The Bertz CT molecular complexity index is 549. The molecule has 0 bridgehead atoms. The predicted molar refractivity (Wildman–Crippen MR) is 104 cm³/mol. The SMILES string of the molecule is CCCNC(=NC)NCCOc1ccc2c(c1)CCC(=O)N2.I. The number of hydrogen-bond donors (Lipinski definition) is 3. The van der Waals surface area contributed by atoms with Gasteiger partial charge < -0.3 is 20.7 Å². The number of fused-ring (bicyclic) bond motifs is 1. The maximum absolute atomic E-state index is 11.3. The van der Waals surface area contributed by atoms with Crippen LogP contribution in [0, 0.1) is 0 Å². The van der Waals surface area contributed by atoms with E-state index in [0.717, 1.165) is 42.3 Å². The molecular formula is C16H25IN4O2. The Hall–Kier alpha value is -1.51. The van der Waals surface area contributed by atoms with E-state index in [0.29, 0.717) is 19.6 Å². The Morgan fingerprint density at radius 2 is 2.09 bits per heavy atom. The van der Waals surface area contributed by atoms with Crippen molar-refractivity contribution in [3.63, 3.8) is 0 Å². The number of anilines is 1. The largest absolute Gasteiger partial charge is 0.492 e. The van der Waals surface area contributed by atoms with E-state index >= 15 is 0 Å². The van der Waals surface area contributed by atoms with Gasteiger partial charge in [0.15, 0.2) is 5.96 Å². The highest BCUT2D eigenvalue weighted by atomic mass is 127. The molecule has 0 unspecified atom stereocenters. The summed E-state index contributed by atoms with van der Waals surface area (Å²) in [4.78, 5) is 15.5. The molecule has 0 atom stereocenters. The van der Waals surface area contributed by atoms with Gasteiger partial charge in [-0.1, -0.05) is 6.92 Å². The number of aryl methyl sites for hydroxylation is 1. The zero-order chi connectivity index (χ0) is 15.8. The van der Waals surface area contributed by atoms with Gasteiger partial charge in [-0.3, -0.25) is 9.79 Å². The fourth-order valence-corrected chi connectivity index (χ4v) is 2.25. The van der Waals surface area contributed by atoms with Gasteiger partial charge in [-0.15, -0.1) is 24.0 Å². The summed E-state index contributed by atoms with van der Waals surface area (Å²) >= 11 is 0. The second kappa shape index (κ2) is 10.3. The lowest BCUT2D eigenvalue weighted by molar-refractivity contribution is -0.116. The number of ether oxygens (including phenoxy) is 1. The van der Waals surface area contributed by atoms with Crippen LogP contribution in [0.3, 0.4) is 0 Å². The molecule has 1 aliphatic rings. The number of halogens is 1. The zero-order valence-corrected chi connectivity index (χ0v) is 16.0. The van der Waals surface area contributed by atoms with Crippen molar-refractivity contribution in [2.75, 3.05) is 32.1 Å². The number of hydrogen-bond acceptors (Lipinski definition) is 3. The summed E-state index contributed by atoms with van der Waals surface area (Å²) in [7, 11) is 1.75. The summed E-state index contributed by atoms with van der Waals surface area (Å²) in [5.74, 6) is 1.70. The Kier molecular flexibility index (Phi) is 8.75. The first-order valence-electron chi connectivity index (χ1n) is 7.73. The third-order valence-electron chi connectivity index (χ3n) is 3.40. The molecule has 0 aromatic heterocycles. The number of nitrogens with one attached hydrogen (secondary N) is 3. The number of carbonyl (C=O) groups excluding carboxylic acids is 1. The van der Waals surface area contributed by atoms with Crippen LogP contribution in [0.15, 0.2) is 23.2 Å². The first-order chi connectivity index (χ1) is 10.7. The van der Waals surface area contributed by atoms with Crippen LogP contribution in [0.4, 0.5) is 5.69 Å². The zero-order valence-electron chi connectivity index (χ0n) is 13.6. The molecule has 2 rings (SSSR count). The lowest BCUT2D eigenvalue weighted by atomic mass is 10.0. The average molecular weight is 432 g/mol. The molecule has 1 aromatic rings. The molecule has 1 aromatic carbocycles. The van der Waals surface area contributed by atoms with Gasteiger partial charge in [0.1, 0.15) is 12.4 Å². The lowest BCUT2D eigenvalue weighted by Crippen LogP contribution is -2.39. The topological polar surface area (TPSA) is 74.8 Å². The second-order valence-corrected chi connectivity index (χ2v) is 5.14. The van der Waals surface area contributed by atoms with Crippen molar-refractivity contribution in [3.8, 4) is 5.75 Å². The predicted octanol–water partition coefficient (Wildman–Crippen LogP) is 2.14. The Morgan fingerprint density at radius 3 is 2.83 bits per heavy atom. The van der Waals surface area contributed by atoms with Crippen LogP contribution >= 0.6 is 24.0 Å². The number of benzene rings is 1. The molecule has 0 spiro atoms. The Balaban J connectivity index is 0.00000264. The minimum absolute atomic E-state index is 0. The minimum atomic E-state index is 0. The van der Waals surface area contributed by atoms with Gasteiger partial charge in [0, 0.05) is 25.7 Å². The quantitative estimate of drug-likeness (QED) is 0.279. The molecule has 3 N–H and O–H groups in total. The van der Waals surface area contributed by atoms with Gasteiger partial charge in [0.25, 0.3) is 0 Å². The summed E-state index contributed by atoms with van der Waals surface area (Å²) in [5.41, 5.74) is 2.02. The Morgan fingerprint density at radius 1 is 1.30 bits per heavy atom. The van der Waals surface area contributed by atoms with Crippen LogP contribution < -0.4 is 20.7 Å². The molecule has 0 aliphatic carbocycles. The van der Waals surface area contributed by atoms with Gasteiger partial charge in [-0.2, -0.15) is 0 Å². The first kappa shape index (κ1) is 19.5. The normalized spacial score (nSPS) is 13.5. The number of guanidine groups is 1. The molecule has 23 heavy (non-hydrogen) atoms. The third kappa shape index (κ3) is 6.25. The fourth-order valence-electron chi connectivity index (χ4n) is 2.25. The molecule has 1 heterocycles. The first-order valence-corrected chi connectivity index (χ1v) is 7.73. The van der Waals surface area contributed by atoms with Crippen LogP contribution in [0.25, 0.3) is 0 Å². The highest BCUT2D eigenvalue weighted by molar-refractivity contribution is 14.0. The van der Waals surface area contributed by atoms with E-state index < -0.39 is 0 Å². The van der Waals surface area contributed by atoms with Crippen molar-refractivity contribution in [2.24, 2.45) is 4.99 Å². The van der Waals surface area contributed by atoms with E-state index in [4.69, 9.17) is 4.74 Å². The van der Waals surface area contributed by atoms with E-state index in [2.05, 4.69) is 27.9 Å². The number of nitrogens with zero attached hydrogens (tertiary/aromatic N) is 1. The maximum atomic E-state index is 11.3. The summed E-state index contributed by atoms with van der Waals surface area (Å²) < 4.78 is 5.74. The molecular weight excluding hydrogens is 407 g/mol. The minimum Gasteiger partial charge on any atom is -0.492 e. The van der Waals surface area contributed by atoms with E-state index in [1.54, 1.807) is 7.05 Å². The maximum Gasteiger partial charge on any atom is 0.224 e. The smallest absolute Gasteiger partial charge is 0.224 e. The number of aliphatic imine (C=N–C) groups is 1. The summed E-state index contributed by atoms with van der Waals surface area (Å²) in [6, 6.07) is 5.78. The molecule has 6 nitrogen and oxygen atoms in total. The monoisotopic (exact) mass is 432 g/mol. The van der Waals surface area contributed by atoms with Crippen molar-refractivity contribution in [1.82, 2.24) is 10.6 Å². The Labute approximate surface area is 154 Å². The third-order valence-corrected chi connectivity index (χ3v) is 3.40. The average Bonchev–Trinajstić information content (AvgIpc) is 2.54. The van der Waals surface area contributed by atoms with Gasteiger partial charge in [0.05, 0.1) is 6.54 Å². The summed E-state index contributed by atoms with van der Waals surface area (Å²) in [5, 5.41) is 9.27. The summed E-state index contributed by atoms with van der Waals surface area (Å²) in [6.45, 7) is 4.24. The number of carbonyl (C=O) groups is 1. The van der Waals surface area contributed by atoms with Crippen molar-refractivity contribution in [2.45, 2.75) is 26.2 Å². The van der Waals surface area contributed by atoms with Crippen molar-refractivity contribution < 1.29 is 9.53 Å². The fraction of sp³-hybridized carbons (Fsp3) is 0.500.